The molecule has 0 saturated carbocycles. The molecule has 0 unspecified atom stereocenters. The Balaban J connectivity index is 1.92. The lowest BCUT2D eigenvalue weighted by Gasteiger charge is -2.32. The molecular weight excluding hydrogens is 556 g/mol. The third kappa shape index (κ3) is 8.79. The Kier molecular flexibility index (Phi) is 10.8. The number of nitrogens with one attached hydrogen (secondary N) is 1. The van der Waals surface area contributed by atoms with E-state index in [1.54, 1.807) is 30.2 Å². The van der Waals surface area contributed by atoms with Crippen molar-refractivity contribution in [1.29, 1.82) is 0 Å². The molecule has 0 spiro atoms. The molecule has 196 valence electrons. The van der Waals surface area contributed by atoms with Crippen molar-refractivity contribution in [3.63, 3.8) is 0 Å². The van der Waals surface area contributed by atoms with Crippen LogP contribution in [0.25, 0.3) is 0 Å². The van der Waals surface area contributed by atoms with E-state index in [9.17, 15) is 9.59 Å². The Morgan fingerprint density at radius 2 is 1.73 bits per heavy atom. The molecule has 37 heavy (non-hydrogen) atoms. The zero-order valence-corrected chi connectivity index (χ0v) is 23.6. The lowest BCUT2D eigenvalue weighted by molar-refractivity contribution is -0.142. The molecule has 0 aromatic heterocycles. The molecule has 0 heterocycles. The molecule has 3 rings (SSSR count). The van der Waals surface area contributed by atoms with E-state index >= 15 is 0 Å². The maximum absolute atomic E-state index is 13.7. The minimum atomic E-state index is -0.739. The number of rotatable bonds is 12. The van der Waals surface area contributed by atoms with Crippen LogP contribution in [-0.4, -0.2) is 43.0 Å². The average Bonchev–Trinajstić information content (AvgIpc) is 2.89. The average molecular weight is 588 g/mol. The van der Waals surface area contributed by atoms with Crippen molar-refractivity contribution >= 4 is 39.3 Å². The monoisotopic (exact) mass is 586 g/mol. The van der Waals surface area contributed by atoms with Gasteiger partial charge in [0.05, 0.1) is 11.6 Å². The zero-order valence-electron chi connectivity index (χ0n) is 21.2. The van der Waals surface area contributed by atoms with Crippen molar-refractivity contribution in [2.45, 2.75) is 32.9 Å². The summed E-state index contributed by atoms with van der Waals surface area (Å²) >= 11 is 9.46. The number of carbonyl (C=O) groups is 2. The Labute approximate surface area is 232 Å². The van der Waals surface area contributed by atoms with Gasteiger partial charge >= 0.3 is 0 Å². The number of benzene rings is 3. The molecule has 0 aliphatic heterocycles. The first-order valence-corrected chi connectivity index (χ1v) is 13.3. The third-order valence-electron chi connectivity index (χ3n) is 5.69. The summed E-state index contributed by atoms with van der Waals surface area (Å²) in [6.07, 6.45) is 0.366. The predicted molar refractivity (Wildman–Crippen MR) is 150 cm³/mol. The first-order valence-electron chi connectivity index (χ1n) is 12.1. The third-order valence-corrected chi connectivity index (χ3v) is 6.54. The van der Waals surface area contributed by atoms with Crippen LogP contribution in [0.1, 0.15) is 25.0 Å². The van der Waals surface area contributed by atoms with Gasteiger partial charge in [-0.2, -0.15) is 0 Å². The van der Waals surface area contributed by atoms with Crippen LogP contribution in [0.2, 0.25) is 5.02 Å². The molecule has 6 nitrogen and oxygen atoms in total. The van der Waals surface area contributed by atoms with Gasteiger partial charge in [-0.15, -0.1) is 0 Å². The Morgan fingerprint density at radius 1 is 1.00 bits per heavy atom. The highest BCUT2D eigenvalue weighted by Crippen LogP contribution is 2.28. The van der Waals surface area contributed by atoms with Crippen LogP contribution in [0.3, 0.4) is 0 Å². The molecular formula is C29H32BrClN2O4. The van der Waals surface area contributed by atoms with E-state index < -0.39 is 6.04 Å². The highest BCUT2D eigenvalue weighted by molar-refractivity contribution is 9.10. The van der Waals surface area contributed by atoms with Crippen LogP contribution in [-0.2, 0) is 22.6 Å². The van der Waals surface area contributed by atoms with Crippen LogP contribution in [0.4, 0.5) is 0 Å². The summed E-state index contributed by atoms with van der Waals surface area (Å²) in [5, 5.41) is 3.57. The van der Waals surface area contributed by atoms with Gasteiger partial charge < -0.3 is 19.7 Å². The van der Waals surface area contributed by atoms with Crippen molar-refractivity contribution in [2.75, 3.05) is 20.3 Å². The van der Waals surface area contributed by atoms with E-state index in [-0.39, 0.29) is 30.9 Å². The highest BCUT2D eigenvalue weighted by atomic mass is 79.9. The van der Waals surface area contributed by atoms with E-state index in [0.29, 0.717) is 34.0 Å². The molecule has 0 aliphatic rings. The Bertz CT molecular complexity index is 1190. The summed E-state index contributed by atoms with van der Waals surface area (Å²) in [5.41, 5.74) is 1.80. The normalized spacial score (nSPS) is 11.6. The van der Waals surface area contributed by atoms with Gasteiger partial charge in [0.1, 0.15) is 17.5 Å². The molecule has 0 radical (unpaired) electrons. The van der Waals surface area contributed by atoms with Gasteiger partial charge in [-0.05, 0) is 63.3 Å². The van der Waals surface area contributed by atoms with Gasteiger partial charge in [-0.3, -0.25) is 9.59 Å². The van der Waals surface area contributed by atoms with E-state index in [0.717, 1.165) is 11.1 Å². The molecule has 0 bridgehead atoms. The smallest absolute Gasteiger partial charge is 0.261 e. The first-order chi connectivity index (χ1) is 17.8. The molecule has 0 saturated heterocycles. The fourth-order valence-electron chi connectivity index (χ4n) is 3.76. The Morgan fingerprint density at radius 3 is 2.41 bits per heavy atom. The first kappa shape index (κ1) is 28.5. The predicted octanol–water partition coefficient (Wildman–Crippen LogP) is 5.90. The van der Waals surface area contributed by atoms with E-state index in [1.165, 1.54) is 0 Å². The lowest BCUT2D eigenvalue weighted by Crippen LogP contribution is -2.52. The number of amides is 2. The second-order valence-corrected chi connectivity index (χ2v) is 10.4. The second-order valence-electron chi connectivity index (χ2n) is 9.08. The topological polar surface area (TPSA) is 67.9 Å². The quantitative estimate of drug-likeness (QED) is 0.286. The van der Waals surface area contributed by atoms with Crippen LogP contribution >= 0.6 is 27.5 Å². The summed E-state index contributed by atoms with van der Waals surface area (Å²) in [5.74, 6) is 0.916. The summed E-state index contributed by atoms with van der Waals surface area (Å²) in [7, 11) is 1.59. The standard InChI is InChI=1S/C29H32BrClN2O4/c1-20(2)17-32-29(35)26(15-21-8-5-4-6-9-21)33(18-22-10-7-11-24(14-22)36-3)28(34)19-37-27-13-12-23(31)16-25(27)30/h4-14,16,20,26H,15,17-19H2,1-3H3,(H,32,35)/t26-/m0/s1. The van der Waals surface area contributed by atoms with Crippen molar-refractivity contribution in [2.24, 2.45) is 5.92 Å². The minimum absolute atomic E-state index is 0.207. The summed E-state index contributed by atoms with van der Waals surface area (Å²) < 4.78 is 11.9. The number of hydrogen-bond acceptors (Lipinski definition) is 4. The van der Waals surface area contributed by atoms with Crippen LogP contribution < -0.4 is 14.8 Å². The fourth-order valence-corrected chi connectivity index (χ4v) is 4.56. The minimum Gasteiger partial charge on any atom is -0.497 e. The largest absolute Gasteiger partial charge is 0.497 e. The maximum Gasteiger partial charge on any atom is 0.261 e. The van der Waals surface area contributed by atoms with Crippen molar-refractivity contribution < 1.29 is 19.1 Å². The summed E-state index contributed by atoms with van der Waals surface area (Å²) in [4.78, 5) is 28.7. The number of carbonyl (C=O) groups excluding carboxylic acids is 2. The van der Waals surface area contributed by atoms with Crippen molar-refractivity contribution in [1.82, 2.24) is 10.2 Å². The molecule has 1 atom stereocenters. The van der Waals surface area contributed by atoms with Gasteiger partial charge in [0, 0.05) is 24.5 Å². The summed E-state index contributed by atoms with van der Waals surface area (Å²) in [6, 6.07) is 21.5. The van der Waals surface area contributed by atoms with E-state index in [2.05, 4.69) is 21.2 Å². The number of nitrogens with zero attached hydrogens (tertiary/aromatic N) is 1. The maximum atomic E-state index is 13.7. The number of halogens is 2. The number of hydrogen-bond donors (Lipinski definition) is 1. The second kappa shape index (κ2) is 14.1. The SMILES string of the molecule is COc1cccc(CN(C(=O)COc2ccc(Cl)cc2Br)[C@@H](Cc2ccccc2)C(=O)NCC(C)C)c1. The van der Waals surface area contributed by atoms with Crippen LogP contribution in [0.15, 0.2) is 77.3 Å². The van der Waals surface area contributed by atoms with Gasteiger partial charge in [0.2, 0.25) is 5.91 Å². The molecule has 8 heteroatoms. The Hall–Kier alpha value is -3.03. The van der Waals surface area contributed by atoms with Gasteiger partial charge in [-0.25, -0.2) is 0 Å². The molecule has 2 amide bonds. The molecule has 1 N–H and O–H groups in total. The fraction of sp³-hybridized carbons (Fsp3) is 0.310. The highest BCUT2D eigenvalue weighted by Gasteiger charge is 2.31. The summed E-state index contributed by atoms with van der Waals surface area (Å²) in [6.45, 7) is 4.55. The molecule has 0 fully saturated rings. The van der Waals surface area contributed by atoms with Crippen molar-refractivity contribution in [3.05, 3.63) is 93.4 Å². The molecule has 3 aromatic rings. The zero-order chi connectivity index (χ0) is 26.8. The van der Waals surface area contributed by atoms with Crippen molar-refractivity contribution in [3.8, 4) is 11.5 Å². The van der Waals surface area contributed by atoms with Gasteiger partial charge in [-0.1, -0.05) is 67.9 Å². The van der Waals surface area contributed by atoms with Gasteiger partial charge in [0.15, 0.2) is 6.61 Å². The van der Waals surface area contributed by atoms with Crippen LogP contribution in [0.5, 0.6) is 11.5 Å². The van der Waals surface area contributed by atoms with E-state index in [4.69, 9.17) is 21.1 Å². The number of methoxy groups -OCH3 is 1. The lowest BCUT2D eigenvalue weighted by atomic mass is 10.0. The molecule has 3 aromatic carbocycles. The number of ether oxygens (including phenoxy) is 2. The van der Waals surface area contributed by atoms with Gasteiger partial charge in [0.25, 0.3) is 5.91 Å². The van der Waals surface area contributed by atoms with E-state index in [1.807, 2.05) is 68.4 Å². The molecule has 0 aliphatic carbocycles. The van der Waals surface area contributed by atoms with Crippen LogP contribution in [0, 0.1) is 5.92 Å².